The molecule has 6 heteroatoms. The average molecular weight is 320 g/mol. The Morgan fingerprint density at radius 3 is 2.24 bits per heavy atom. The van der Waals surface area contributed by atoms with Gasteiger partial charge in [0.25, 0.3) is 0 Å². The standard InChI is InChI=1S/C15H29N3O2.ClH/c1-5-8-17-13(19)11-6-9-18(10-7-11)14(20)12(16)15(2,3)4;/h11-12H,5-10,16H2,1-4H3,(H,17,19);1H/t12-;/m1./s1. The van der Waals surface area contributed by atoms with Gasteiger partial charge in [-0.15, -0.1) is 12.4 Å². The smallest absolute Gasteiger partial charge is 0.240 e. The fraction of sp³-hybridized carbons (Fsp3) is 0.867. The predicted octanol–water partition coefficient (Wildman–Crippen LogP) is 1.55. The Morgan fingerprint density at radius 1 is 1.29 bits per heavy atom. The summed E-state index contributed by atoms with van der Waals surface area (Å²) in [5, 5.41) is 2.93. The van der Waals surface area contributed by atoms with Gasteiger partial charge in [0.2, 0.25) is 11.8 Å². The van der Waals surface area contributed by atoms with Crippen molar-refractivity contribution in [3.05, 3.63) is 0 Å². The first-order valence-corrected chi connectivity index (χ1v) is 7.59. The van der Waals surface area contributed by atoms with Crippen molar-refractivity contribution in [2.45, 2.75) is 53.0 Å². The van der Waals surface area contributed by atoms with Crippen LogP contribution in [0.25, 0.3) is 0 Å². The van der Waals surface area contributed by atoms with Gasteiger partial charge in [0.15, 0.2) is 0 Å². The van der Waals surface area contributed by atoms with E-state index >= 15 is 0 Å². The summed E-state index contributed by atoms with van der Waals surface area (Å²) < 4.78 is 0. The lowest BCUT2D eigenvalue weighted by Crippen LogP contribution is -2.53. The van der Waals surface area contributed by atoms with E-state index < -0.39 is 6.04 Å². The average Bonchev–Trinajstić information content (AvgIpc) is 2.42. The Bertz CT molecular complexity index is 347. The number of halogens is 1. The summed E-state index contributed by atoms with van der Waals surface area (Å²) in [6, 6.07) is -0.479. The van der Waals surface area contributed by atoms with E-state index in [1.165, 1.54) is 0 Å². The monoisotopic (exact) mass is 319 g/mol. The van der Waals surface area contributed by atoms with Gasteiger partial charge in [-0.3, -0.25) is 9.59 Å². The number of likely N-dealkylation sites (tertiary alicyclic amines) is 1. The van der Waals surface area contributed by atoms with E-state index in [-0.39, 0.29) is 35.6 Å². The molecule has 21 heavy (non-hydrogen) atoms. The van der Waals surface area contributed by atoms with Crippen molar-refractivity contribution in [3.63, 3.8) is 0 Å². The first-order valence-electron chi connectivity index (χ1n) is 7.59. The van der Waals surface area contributed by atoms with Gasteiger partial charge in [-0.05, 0) is 24.7 Å². The number of hydrogen-bond acceptors (Lipinski definition) is 3. The van der Waals surface area contributed by atoms with Crippen LogP contribution in [-0.2, 0) is 9.59 Å². The number of nitrogens with zero attached hydrogens (tertiary/aromatic N) is 1. The lowest BCUT2D eigenvalue weighted by Gasteiger charge is -2.36. The maximum atomic E-state index is 12.3. The highest BCUT2D eigenvalue weighted by Gasteiger charge is 2.34. The number of hydrogen-bond donors (Lipinski definition) is 2. The molecule has 0 bridgehead atoms. The minimum atomic E-state index is -0.479. The first-order chi connectivity index (χ1) is 9.27. The molecule has 0 aromatic rings. The van der Waals surface area contributed by atoms with Crippen molar-refractivity contribution in [2.24, 2.45) is 17.1 Å². The molecule has 1 atom stereocenters. The summed E-state index contributed by atoms with van der Waals surface area (Å²) >= 11 is 0. The molecule has 124 valence electrons. The third kappa shape index (κ3) is 5.83. The Kier molecular flexibility index (Phi) is 8.26. The Hall–Kier alpha value is -0.810. The molecule has 1 saturated heterocycles. The largest absolute Gasteiger partial charge is 0.356 e. The van der Waals surface area contributed by atoms with E-state index in [9.17, 15) is 9.59 Å². The lowest BCUT2D eigenvalue weighted by molar-refractivity contribution is -0.138. The number of amides is 2. The Morgan fingerprint density at radius 2 is 1.81 bits per heavy atom. The van der Waals surface area contributed by atoms with Crippen LogP contribution in [0.1, 0.15) is 47.0 Å². The Labute approximate surface area is 134 Å². The van der Waals surface area contributed by atoms with Crippen molar-refractivity contribution in [1.29, 1.82) is 0 Å². The van der Waals surface area contributed by atoms with Gasteiger partial charge in [0, 0.05) is 25.6 Å². The summed E-state index contributed by atoms with van der Waals surface area (Å²) in [6.45, 7) is 9.95. The summed E-state index contributed by atoms with van der Waals surface area (Å²) in [5.74, 6) is 0.167. The molecule has 0 radical (unpaired) electrons. The number of nitrogens with one attached hydrogen (secondary N) is 1. The molecule has 0 aromatic heterocycles. The fourth-order valence-corrected chi connectivity index (χ4v) is 2.32. The molecule has 3 N–H and O–H groups in total. The summed E-state index contributed by atoms with van der Waals surface area (Å²) in [6.07, 6.45) is 2.42. The van der Waals surface area contributed by atoms with E-state index in [1.807, 2.05) is 27.7 Å². The number of rotatable bonds is 4. The number of nitrogens with two attached hydrogens (primary N) is 1. The van der Waals surface area contributed by atoms with Gasteiger partial charge >= 0.3 is 0 Å². The molecule has 0 aromatic carbocycles. The van der Waals surface area contributed by atoms with Crippen molar-refractivity contribution in [3.8, 4) is 0 Å². The summed E-state index contributed by atoms with van der Waals surface area (Å²) in [4.78, 5) is 26.0. The van der Waals surface area contributed by atoms with Gasteiger partial charge in [-0.1, -0.05) is 27.7 Å². The minimum Gasteiger partial charge on any atom is -0.356 e. The SMILES string of the molecule is CCCNC(=O)C1CCN(C(=O)[C@@H](N)C(C)(C)C)CC1.Cl. The second-order valence-corrected chi connectivity index (χ2v) is 6.73. The van der Waals surface area contributed by atoms with E-state index in [0.29, 0.717) is 13.1 Å². The third-order valence-electron chi connectivity index (χ3n) is 3.93. The highest BCUT2D eigenvalue weighted by Crippen LogP contribution is 2.23. The van der Waals surface area contributed by atoms with Crippen LogP contribution in [0.5, 0.6) is 0 Å². The van der Waals surface area contributed by atoms with Crippen LogP contribution in [0.3, 0.4) is 0 Å². The quantitative estimate of drug-likeness (QED) is 0.825. The third-order valence-corrected chi connectivity index (χ3v) is 3.93. The zero-order chi connectivity index (χ0) is 15.3. The molecule has 0 unspecified atom stereocenters. The maximum absolute atomic E-state index is 12.3. The number of carbonyl (C=O) groups excluding carboxylic acids is 2. The molecule has 1 aliphatic rings. The van der Waals surface area contributed by atoms with Crippen LogP contribution in [0.15, 0.2) is 0 Å². The molecule has 0 saturated carbocycles. The van der Waals surface area contributed by atoms with Gasteiger partial charge in [-0.25, -0.2) is 0 Å². The highest BCUT2D eigenvalue weighted by molar-refractivity contribution is 5.85. The van der Waals surface area contributed by atoms with Crippen molar-refractivity contribution < 1.29 is 9.59 Å². The van der Waals surface area contributed by atoms with Crippen LogP contribution in [0, 0.1) is 11.3 Å². The van der Waals surface area contributed by atoms with E-state index in [0.717, 1.165) is 25.8 Å². The molecular formula is C15H30ClN3O2. The normalized spacial score (nSPS) is 17.9. The van der Waals surface area contributed by atoms with Crippen LogP contribution in [0.2, 0.25) is 0 Å². The van der Waals surface area contributed by atoms with Crippen molar-refractivity contribution >= 4 is 24.2 Å². The molecule has 1 fully saturated rings. The van der Waals surface area contributed by atoms with Gasteiger partial charge in [-0.2, -0.15) is 0 Å². The molecular weight excluding hydrogens is 290 g/mol. The maximum Gasteiger partial charge on any atom is 0.240 e. The van der Waals surface area contributed by atoms with Crippen LogP contribution in [-0.4, -0.2) is 42.4 Å². The van der Waals surface area contributed by atoms with Crippen LogP contribution >= 0.6 is 12.4 Å². The summed E-state index contributed by atoms with van der Waals surface area (Å²) in [7, 11) is 0. The number of piperidine rings is 1. The zero-order valence-electron chi connectivity index (χ0n) is 13.6. The van der Waals surface area contributed by atoms with Gasteiger partial charge in [0.1, 0.15) is 0 Å². The zero-order valence-corrected chi connectivity index (χ0v) is 14.5. The number of carbonyl (C=O) groups is 2. The highest BCUT2D eigenvalue weighted by atomic mass is 35.5. The van der Waals surface area contributed by atoms with Crippen LogP contribution in [0.4, 0.5) is 0 Å². The molecule has 1 aliphatic heterocycles. The van der Waals surface area contributed by atoms with E-state index in [4.69, 9.17) is 5.73 Å². The second-order valence-electron chi connectivity index (χ2n) is 6.73. The van der Waals surface area contributed by atoms with Gasteiger partial charge < -0.3 is 16.0 Å². The molecule has 1 rings (SSSR count). The van der Waals surface area contributed by atoms with Crippen molar-refractivity contribution in [1.82, 2.24) is 10.2 Å². The van der Waals surface area contributed by atoms with E-state index in [1.54, 1.807) is 4.90 Å². The molecule has 0 aliphatic carbocycles. The molecule has 0 spiro atoms. The summed E-state index contributed by atoms with van der Waals surface area (Å²) in [5.41, 5.74) is 5.79. The molecule has 1 heterocycles. The second kappa shape index (κ2) is 8.59. The lowest BCUT2D eigenvalue weighted by atomic mass is 9.86. The molecule has 5 nitrogen and oxygen atoms in total. The molecule has 2 amide bonds. The topological polar surface area (TPSA) is 75.4 Å². The van der Waals surface area contributed by atoms with Crippen molar-refractivity contribution in [2.75, 3.05) is 19.6 Å². The predicted molar refractivity (Wildman–Crippen MR) is 87.3 cm³/mol. The minimum absolute atomic E-state index is 0. The van der Waals surface area contributed by atoms with E-state index in [2.05, 4.69) is 5.32 Å². The van der Waals surface area contributed by atoms with Gasteiger partial charge in [0.05, 0.1) is 6.04 Å². The first kappa shape index (κ1) is 20.2. The fourth-order valence-electron chi connectivity index (χ4n) is 2.32. The van der Waals surface area contributed by atoms with Crippen LogP contribution < -0.4 is 11.1 Å². The Balaban J connectivity index is 0.00000400.